The Balaban J connectivity index is 0.974. The van der Waals surface area contributed by atoms with E-state index in [1.165, 1.54) is 38.8 Å². The summed E-state index contributed by atoms with van der Waals surface area (Å²) in [7, 11) is 0. The van der Waals surface area contributed by atoms with E-state index in [1.54, 1.807) is 0 Å². The lowest BCUT2D eigenvalue weighted by atomic mass is 9.82. The van der Waals surface area contributed by atoms with Crippen molar-refractivity contribution in [1.29, 1.82) is 0 Å². The highest BCUT2D eigenvalue weighted by atomic mass is 15.2. The first-order chi connectivity index (χ1) is 33.7. The normalized spacial score (nSPS) is 14.0. The quantitative estimate of drug-likeness (QED) is 0.160. The van der Waals surface area contributed by atoms with Crippen molar-refractivity contribution in [2.24, 2.45) is 0 Å². The Morgan fingerprint density at radius 1 is 0.333 bits per heavy atom. The zero-order chi connectivity index (χ0) is 46.4. The Labute approximate surface area is 402 Å². The largest absolute Gasteiger partial charge is 0.307 e. The molecule has 0 radical (unpaired) electrons. The molecule has 0 bridgehead atoms. The lowest BCUT2D eigenvalue weighted by Gasteiger charge is -2.22. The summed E-state index contributed by atoms with van der Waals surface area (Å²) in [5.74, 6) is 1.79. The topological polar surface area (TPSA) is 48.5 Å². The van der Waals surface area contributed by atoms with Gasteiger partial charge in [0.15, 0.2) is 11.6 Å². The van der Waals surface area contributed by atoms with Gasteiger partial charge in [0, 0.05) is 38.4 Å². The minimum absolute atomic E-state index is 0.160. The number of nitrogens with zero attached hydrogens (tertiary/aromatic N) is 5. The van der Waals surface area contributed by atoms with Crippen molar-refractivity contribution in [2.75, 3.05) is 0 Å². The van der Waals surface area contributed by atoms with Crippen LogP contribution in [0.25, 0.3) is 111 Å². The molecule has 0 atom stereocenters. The monoisotopic (exact) mass is 887 g/mol. The SMILES string of the molecule is CC1(C)CC(C)(C)c2cc(-c3ccc(-c4ccc(-n5c6ccccc6c6ccc7c8ccccc8n(-c8nc(-c9ccccc9)nc(-c9cccc(-c%10ccccc%10)c9)n8)c7c65)cc4)cc3)ccc21. The van der Waals surface area contributed by atoms with Gasteiger partial charge < -0.3 is 4.57 Å². The van der Waals surface area contributed by atoms with Crippen molar-refractivity contribution in [3.05, 3.63) is 223 Å². The van der Waals surface area contributed by atoms with Gasteiger partial charge in [-0.15, -0.1) is 0 Å². The summed E-state index contributed by atoms with van der Waals surface area (Å²) in [6, 6.07) is 76.3. The van der Waals surface area contributed by atoms with Crippen LogP contribution in [-0.4, -0.2) is 24.1 Å². The predicted molar refractivity (Wildman–Crippen MR) is 286 cm³/mol. The lowest BCUT2D eigenvalue weighted by Crippen LogP contribution is -2.17. The van der Waals surface area contributed by atoms with E-state index in [0.29, 0.717) is 17.6 Å². The summed E-state index contributed by atoms with van der Waals surface area (Å²) in [6.45, 7) is 9.53. The van der Waals surface area contributed by atoms with Gasteiger partial charge in [0.1, 0.15) is 0 Å². The lowest BCUT2D eigenvalue weighted by molar-refractivity contribution is 0.403. The molecule has 1 aliphatic carbocycles. The standard InChI is InChI=1S/C64H49N5/c1-63(2)40-64(3,4)55-39-47(32-37-54(55)63)44-28-26-42(27-29-44)43-30-33-49(34-31-43)68-56-24-13-11-22-50(56)52-35-36-53-51-23-12-14-25-57(51)69(59(53)58(52)68)62-66-60(45-18-9-6-10-19-45)65-61(67-62)48-21-15-20-46(38-48)41-16-7-5-8-17-41/h5-39H,40H2,1-4H3. The minimum atomic E-state index is 0.160. The molecule has 330 valence electrons. The van der Waals surface area contributed by atoms with Gasteiger partial charge in [0.25, 0.3) is 0 Å². The van der Waals surface area contributed by atoms with Gasteiger partial charge in [-0.25, -0.2) is 4.98 Å². The van der Waals surface area contributed by atoms with Crippen LogP contribution in [0.5, 0.6) is 0 Å². The molecule has 9 aromatic carbocycles. The Morgan fingerprint density at radius 3 is 1.43 bits per heavy atom. The van der Waals surface area contributed by atoms with Crippen LogP contribution in [0.15, 0.2) is 212 Å². The molecule has 0 amide bonds. The number of rotatable bonds is 7. The summed E-state index contributed by atoms with van der Waals surface area (Å²) >= 11 is 0. The Kier molecular flexibility index (Phi) is 9.22. The van der Waals surface area contributed by atoms with Crippen molar-refractivity contribution >= 4 is 43.6 Å². The molecule has 0 saturated heterocycles. The molecule has 0 aliphatic heterocycles. The molecule has 12 aromatic rings. The van der Waals surface area contributed by atoms with Crippen LogP contribution in [-0.2, 0) is 10.8 Å². The van der Waals surface area contributed by atoms with E-state index < -0.39 is 0 Å². The molecule has 0 saturated carbocycles. The first-order valence-electron chi connectivity index (χ1n) is 24.0. The summed E-state index contributed by atoms with van der Waals surface area (Å²) in [6.07, 6.45) is 1.16. The molecular formula is C64H49N5. The van der Waals surface area contributed by atoms with Crippen LogP contribution < -0.4 is 0 Å². The van der Waals surface area contributed by atoms with E-state index in [-0.39, 0.29) is 10.8 Å². The fourth-order valence-electron chi connectivity index (χ4n) is 11.6. The van der Waals surface area contributed by atoms with Crippen LogP contribution >= 0.6 is 0 Å². The van der Waals surface area contributed by atoms with Crippen molar-refractivity contribution in [3.8, 4) is 67.8 Å². The predicted octanol–water partition coefficient (Wildman–Crippen LogP) is 16.4. The van der Waals surface area contributed by atoms with E-state index in [0.717, 1.165) is 72.6 Å². The zero-order valence-corrected chi connectivity index (χ0v) is 39.2. The third-order valence-electron chi connectivity index (χ3n) is 14.6. The van der Waals surface area contributed by atoms with Gasteiger partial charge in [-0.1, -0.05) is 210 Å². The number of fused-ring (bicyclic) bond motifs is 8. The molecule has 0 unspecified atom stereocenters. The van der Waals surface area contributed by atoms with Gasteiger partial charge >= 0.3 is 0 Å². The molecule has 0 N–H and O–H groups in total. The molecular weight excluding hydrogens is 839 g/mol. The van der Waals surface area contributed by atoms with Crippen LogP contribution in [0, 0.1) is 0 Å². The summed E-state index contributed by atoms with van der Waals surface area (Å²) < 4.78 is 4.69. The highest BCUT2D eigenvalue weighted by Gasteiger charge is 2.41. The first-order valence-corrected chi connectivity index (χ1v) is 24.0. The van der Waals surface area contributed by atoms with Crippen LogP contribution in [0.3, 0.4) is 0 Å². The molecule has 69 heavy (non-hydrogen) atoms. The molecule has 3 heterocycles. The second kappa shape index (κ2) is 15.6. The molecule has 3 aromatic heterocycles. The van der Waals surface area contributed by atoms with Crippen LogP contribution in [0.4, 0.5) is 0 Å². The Morgan fingerprint density at radius 2 is 0.783 bits per heavy atom. The van der Waals surface area contributed by atoms with E-state index in [4.69, 9.17) is 15.0 Å². The smallest absolute Gasteiger partial charge is 0.238 e. The summed E-state index contributed by atoms with van der Waals surface area (Å²) in [5.41, 5.74) is 17.6. The third-order valence-corrected chi connectivity index (χ3v) is 14.6. The van der Waals surface area contributed by atoms with Gasteiger partial charge in [0.05, 0.1) is 22.1 Å². The second-order valence-electron chi connectivity index (χ2n) is 20.0. The van der Waals surface area contributed by atoms with Gasteiger partial charge in [-0.3, -0.25) is 4.57 Å². The van der Waals surface area contributed by atoms with Gasteiger partial charge in [-0.05, 0) is 92.1 Å². The van der Waals surface area contributed by atoms with Crippen LogP contribution in [0.1, 0.15) is 45.2 Å². The van der Waals surface area contributed by atoms with Gasteiger partial charge in [-0.2, -0.15) is 9.97 Å². The first kappa shape index (κ1) is 40.8. The van der Waals surface area contributed by atoms with Crippen LogP contribution in [0.2, 0.25) is 0 Å². The fraction of sp³-hybridized carbons (Fsp3) is 0.109. The average molecular weight is 888 g/mol. The number of hydrogen-bond donors (Lipinski definition) is 0. The maximum atomic E-state index is 5.40. The molecule has 5 heteroatoms. The zero-order valence-electron chi connectivity index (χ0n) is 39.2. The van der Waals surface area contributed by atoms with E-state index in [1.807, 2.05) is 24.3 Å². The highest BCUT2D eigenvalue weighted by molar-refractivity contribution is 6.23. The minimum Gasteiger partial charge on any atom is -0.307 e. The van der Waals surface area contributed by atoms with Crippen molar-refractivity contribution < 1.29 is 0 Å². The van der Waals surface area contributed by atoms with E-state index >= 15 is 0 Å². The molecule has 0 fully saturated rings. The molecule has 5 nitrogen and oxygen atoms in total. The van der Waals surface area contributed by atoms with E-state index in [2.05, 4.69) is 225 Å². The number of para-hydroxylation sites is 2. The number of benzene rings is 9. The Hall–Kier alpha value is -8.41. The molecule has 0 spiro atoms. The second-order valence-corrected chi connectivity index (χ2v) is 20.0. The Bertz CT molecular complexity index is 3950. The summed E-state index contributed by atoms with van der Waals surface area (Å²) in [5, 5.41) is 4.60. The molecule has 1 aliphatic rings. The number of aromatic nitrogens is 5. The third kappa shape index (κ3) is 6.71. The van der Waals surface area contributed by atoms with Crippen molar-refractivity contribution in [3.63, 3.8) is 0 Å². The average Bonchev–Trinajstić information content (AvgIpc) is 3.98. The highest BCUT2D eigenvalue weighted by Crippen LogP contribution is 2.50. The molecule has 13 rings (SSSR count). The van der Waals surface area contributed by atoms with Gasteiger partial charge in [0.2, 0.25) is 5.95 Å². The summed E-state index contributed by atoms with van der Waals surface area (Å²) in [4.78, 5) is 15.9. The fourth-order valence-corrected chi connectivity index (χ4v) is 11.6. The van der Waals surface area contributed by atoms with Crippen molar-refractivity contribution in [2.45, 2.75) is 44.9 Å². The number of hydrogen-bond acceptors (Lipinski definition) is 3. The van der Waals surface area contributed by atoms with E-state index in [9.17, 15) is 0 Å². The van der Waals surface area contributed by atoms with Crippen molar-refractivity contribution in [1.82, 2.24) is 24.1 Å². The maximum Gasteiger partial charge on any atom is 0.238 e. The maximum absolute atomic E-state index is 5.40.